The largest absolute Gasteiger partial charge is 0.416 e. The van der Waals surface area contributed by atoms with Crippen LogP contribution < -0.4 is 5.32 Å². The van der Waals surface area contributed by atoms with Gasteiger partial charge in [0.05, 0.1) is 16.8 Å². The minimum atomic E-state index is -4.40. The standard InChI is InChI=1S/C19H16F6N2/c1-12(26-16-7-3-14(4-8-16)18(20,21)22)11-13(2)27-17-9-5-15(6-10-17)19(23,24)25/h3-11,26H,1-2H3/b12-11-,27-13?. The number of hydrogen-bond donors (Lipinski definition) is 1. The molecule has 0 fully saturated rings. The van der Waals surface area contributed by atoms with Gasteiger partial charge in [-0.05, 0) is 68.5 Å². The van der Waals surface area contributed by atoms with Crippen molar-refractivity contribution in [3.63, 3.8) is 0 Å². The molecule has 27 heavy (non-hydrogen) atoms. The van der Waals surface area contributed by atoms with Crippen molar-refractivity contribution in [2.45, 2.75) is 26.2 Å². The molecule has 2 rings (SSSR count). The summed E-state index contributed by atoms with van der Waals surface area (Å²) in [5.74, 6) is 0. The first-order valence-electron chi connectivity index (χ1n) is 7.80. The molecule has 0 saturated heterocycles. The van der Waals surface area contributed by atoms with Gasteiger partial charge in [0.15, 0.2) is 0 Å². The molecule has 144 valence electrons. The van der Waals surface area contributed by atoms with Crippen molar-refractivity contribution < 1.29 is 26.3 Å². The Morgan fingerprint density at radius 2 is 1.22 bits per heavy atom. The average molecular weight is 386 g/mol. The van der Waals surface area contributed by atoms with Gasteiger partial charge in [-0.2, -0.15) is 26.3 Å². The third-order valence-corrected chi connectivity index (χ3v) is 3.48. The Kier molecular flexibility index (Phi) is 5.98. The molecule has 0 aromatic heterocycles. The molecular weight excluding hydrogens is 370 g/mol. The van der Waals surface area contributed by atoms with Crippen LogP contribution in [-0.4, -0.2) is 5.71 Å². The van der Waals surface area contributed by atoms with Crippen LogP contribution in [0.25, 0.3) is 0 Å². The molecule has 0 aliphatic carbocycles. The van der Waals surface area contributed by atoms with Crippen molar-refractivity contribution in [2.75, 3.05) is 5.32 Å². The summed E-state index contributed by atoms with van der Waals surface area (Å²) in [4.78, 5) is 4.19. The minimum Gasteiger partial charge on any atom is -0.359 e. The molecule has 0 spiro atoms. The van der Waals surface area contributed by atoms with E-state index in [9.17, 15) is 26.3 Å². The van der Waals surface area contributed by atoms with E-state index in [1.807, 2.05) is 0 Å². The lowest BCUT2D eigenvalue weighted by Crippen LogP contribution is -2.05. The van der Waals surface area contributed by atoms with Crippen molar-refractivity contribution >= 4 is 17.1 Å². The molecule has 8 heteroatoms. The van der Waals surface area contributed by atoms with Crippen molar-refractivity contribution in [3.05, 3.63) is 71.4 Å². The third kappa shape index (κ3) is 6.16. The lowest BCUT2D eigenvalue weighted by molar-refractivity contribution is -0.138. The summed E-state index contributed by atoms with van der Waals surface area (Å²) in [7, 11) is 0. The number of alkyl halides is 6. The van der Waals surface area contributed by atoms with Gasteiger partial charge < -0.3 is 5.32 Å². The number of hydrogen-bond acceptors (Lipinski definition) is 2. The molecule has 0 aliphatic heterocycles. The Bertz CT molecular complexity index is 828. The van der Waals surface area contributed by atoms with Crippen LogP contribution in [-0.2, 0) is 12.4 Å². The highest BCUT2D eigenvalue weighted by Gasteiger charge is 2.30. The normalized spacial score (nSPS) is 13.6. The minimum absolute atomic E-state index is 0.360. The predicted octanol–water partition coefficient (Wildman–Crippen LogP) is 6.83. The second-order valence-electron chi connectivity index (χ2n) is 5.83. The van der Waals surface area contributed by atoms with Crippen molar-refractivity contribution in [3.8, 4) is 0 Å². The van der Waals surface area contributed by atoms with Gasteiger partial charge in [0.25, 0.3) is 0 Å². The maximum Gasteiger partial charge on any atom is 0.416 e. The number of nitrogens with zero attached hydrogens (tertiary/aromatic N) is 1. The molecular formula is C19H16F6N2. The lowest BCUT2D eigenvalue weighted by Gasteiger charge is -2.10. The Balaban J connectivity index is 2.07. The monoisotopic (exact) mass is 386 g/mol. The van der Waals surface area contributed by atoms with E-state index in [0.717, 1.165) is 24.3 Å². The first-order valence-corrected chi connectivity index (χ1v) is 7.80. The summed E-state index contributed by atoms with van der Waals surface area (Å²) in [6, 6.07) is 8.98. The number of aliphatic imine (C=N–C) groups is 1. The van der Waals surface area contributed by atoms with Gasteiger partial charge in [0.1, 0.15) is 0 Å². The molecule has 2 aromatic carbocycles. The van der Waals surface area contributed by atoms with E-state index in [0.29, 0.717) is 22.8 Å². The summed E-state index contributed by atoms with van der Waals surface area (Å²) in [6.07, 6.45) is -7.16. The highest BCUT2D eigenvalue weighted by atomic mass is 19.4. The molecule has 0 atom stereocenters. The topological polar surface area (TPSA) is 24.4 Å². The number of nitrogens with one attached hydrogen (secondary N) is 1. The fourth-order valence-corrected chi connectivity index (χ4v) is 2.28. The molecule has 0 amide bonds. The van der Waals surface area contributed by atoms with Gasteiger partial charge in [0, 0.05) is 17.1 Å². The van der Waals surface area contributed by atoms with Crippen LogP contribution in [0.4, 0.5) is 37.7 Å². The number of anilines is 1. The molecule has 2 aromatic rings. The SMILES string of the molecule is CC(/C=C(/C)Nc1ccc(C(F)(F)F)cc1)=Nc1ccc(C(F)(F)F)cc1. The quantitative estimate of drug-likeness (QED) is 0.452. The van der Waals surface area contributed by atoms with Crippen molar-refractivity contribution in [1.82, 2.24) is 0 Å². The number of allylic oxidation sites excluding steroid dienone is 2. The second-order valence-corrected chi connectivity index (χ2v) is 5.83. The highest BCUT2D eigenvalue weighted by Crippen LogP contribution is 2.31. The first kappa shape index (κ1) is 20.5. The summed E-state index contributed by atoms with van der Waals surface area (Å²) in [6.45, 7) is 3.36. The van der Waals surface area contributed by atoms with Gasteiger partial charge in [-0.25, -0.2) is 0 Å². The van der Waals surface area contributed by atoms with Crippen LogP contribution in [0.2, 0.25) is 0 Å². The zero-order chi connectivity index (χ0) is 20.2. The van der Waals surface area contributed by atoms with Gasteiger partial charge in [-0.1, -0.05) is 0 Å². The molecule has 0 heterocycles. The molecule has 2 nitrogen and oxygen atoms in total. The molecule has 0 unspecified atom stereocenters. The number of halogens is 6. The fourth-order valence-electron chi connectivity index (χ4n) is 2.28. The Hall–Kier alpha value is -2.77. The summed E-state index contributed by atoms with van der Waals surface area (Å²) >= 11 is 0. The summed E-state index contributed by atoms with van der Waals surface area (Å²) in [5, 5.41) is 2.93. The second kappa shape index (κ2) is 7.85. The Morgan fingerprint density at radius 1 is 0.778 bits per heavy atom. The van der Waals surface area contributed by atoms with Crippen molar-refractivity contribution in [2.24, 2.45) is 4.99 Å². The Morgan fingerprint density at radius 3 is 1.67 bits per heavy atom. The zero-order valence-electron chi connectivity index (χ0n) is 14.4. The van der Waals surface area contributed by atoms with Gasteiger partial charge in [0.2, 0.25) is 0 Å². The number of rotatable bonds is 4. The molecule has 0 saturated carbocycles. The van der Waals surface area contributed by atoms with E-state index in [1.165, 1.54) is 24.3 Å². The van der Waals surface area contributed by atoms with E-state index >= 15 is 0 Å². The van der Waals surface area contributed by atoms with E-state index in [4.69, 9.17) is 0 Å². The molecule has 0 aliphatic rings. The van der Waals surface area contributed by atoms with Gasteiger partial charge >= 0.3 is 12.4 Å². The Labute approximate surface area is 152 Å². The van der Waals surface area contributed by atoms with Crippen LogP contribution >= 0.6 is 0 Å². The van der Waals surface area contributed by atoms with Crippen molar-refractivity contribution in [1.29, 1.82) is 0 Å². The zero-order valence-corrected chi connectivity index (χ0v) is 14.4. The highest BCUT2D eigenvalue weighted by molar-refractivity contribution is 5.95. The molecule has 0 bridgehead atoms. The lowest BCUT2D eigenvalue weighted by atomic mass is 10.2. The average Bonchev–Trinajstić information content (AvgIpc) is 2.53. The molecule has 1 N–H and O–H groups in total. The van der Waals surface area contributed by atoms with Crippen LogP contribution in [0.5, 0.6) is 0 Å². The van der Waals surface area contributed by atoms with Gasteiger partial charge in [-0.3, -0.25) is 4.99 Å². The third-order valence-electron chi connectivity index (χ3n) is 3.48. The van der Waals surface area contributed by atoms with Crippen LogP contribution in [0, 0.1) is 0 Å². The maximum atomic E-state index is 12.5. The van der Waals surface area contributed by atoms with E-state index < -0.39 is 23.5 Å². The van der Waals surface area contributed by atoms with E-state index in [-0.39, 0.29) is 0 Å². The number of benzene rings is 2. The fraction of sp³-hybridized carbons (Fsp3) is 0.211. The smallest absolute Gasteiger partial charge is 0.359 e. The van der Waals surface area contributed by atoms with E-state index in [1.54, 1.807) is 19.9 Å². The van der Waals surface area contributed by atoms with Crippen LogP contribution in [0.15, 0.2) is 65.3 Å². The predicted molar refractivity (Wildman–Crippen MR) is 93.0 cm³/mol. The first-order chi connectivity index (χ1) is 12.4. The van der Waals surface area contributed by atoms with E-state index in [2.05, 4.69) is 10.3 Å². The maximum absolute atomic E-state index is 12.5. The summed E-state index contributed by atoms with van der Waals surface area (Å²) in [5.41, 5.74) is 0.470. The summed E-state index contributed by atoms with van der Waals surface area (Å²) < 4.78 is 75.2. The molecule has 0 radical (unpaired) electrons. The van der Waals surface area contributed by atoms with Crippen LogP contribution in [0.3, 0.4) is 0 Å². The van der Waals surface area contributed by atoms with Crippen LogP contribution in [0.1, 0.15) is 25.0 Å². The van der Waals surface area contributed by atoms with Gasteiger partial charge in [-0.15, -0.1) is 0 Å².